The molecule has 0 radical (unpaired) electrons. The number of hydrogen-bond donors (Lipinski definition) is 0. The molecule has 27 heavy (non-hydrogen) atoms. The van der Waals surface area contributed by atoms with Crippen molar-refractivity contribution in [3.8, 4) is 0 Å². The van der Waals surface area contributed by atoms with E-state index in [-0.39, 0.29) is 42.2 Å². The van der Waals surface area contributed by atoms with Crippen LogP contribution < -0.4 is 0 Å². The molecular weight excluding hydrogens is 390 g/mol. The van der Waals surface area contributed by atoms with Gasteiger partial charge in [-0.3, -0.25) is 9.59 Å². The summed E-state index contributed by atoms with van der Waals surface area (Å²) in [6.07, 6.45) is 6.87. The Morgan fingerprint density at radius 2 is 1.85 bits per heavy atom. The second kappa shape index (κ2) is 9.09. The summed E-state index contributed by atoms with van der Waals surface area (Å²) >= 11 is 0. The van der Waals surface area contributed by atoms with E-state index in [1.54, 1.807) is 4.90 Å². The summed E-state index contributed by atoms with van der Waals surface area (Å²) in [5.41, 5.74) is 0. The summed E-state index contributed by atoms with van der Waals surface area (Å²) in [5, 5.41) is 0. The van der Waals surface area contributed by atoms with Gasteiger partial charge in [0.2, 0.25) is 21.8 Å². The average Bonchev–Trinajstić information content (AvgIpc) is 3.25. The van der Waals surface area contributed by atoms with E-state index < -0.39 is 10.0 Å². The van der Waals surface area contributed by atoms with Gasteiger partial charge in [0.05, 0.1) is 24.3 Å². The number of halogens is 1. The van der Waals surface area contributed by atoms with Crippen LogP contribution in [0.15, 0.2) is 0 Å². The first-order chi connectivity index (χ1) is 12.3. The van der Waals surface area contributed by atoms with E-state index in [9.17, 15) is 18.0 Å². The fraction of sp³-hybridized carbons (Fsp3) is 0.889. The van der Waals surface area contributed by atoms with Gasteiger partial charge in [-0.05, 0) is 51.7 Å². The quantitative estimate of drug-likeness (QED) is 0.622. The highest BCUT2D eigenvalue weighted by Gasteiger charge is 2.56. The van der Waals surface area contributed by atoms with Crippen LogP contribution in [0.1, 0.15) is 51.9 Å². The Kier molecular flexibility index (Phi) is 7.55. The van der Waals surface area contributed by atoms with Crippen molar-refractivity contribution in [2.45, 2.75) is 64.0 Å². The molecule has 3 saturated heterocycles. The van der Waals surface area contributed by atoms with Crippen LogP contribution in [-0.2, 0) is 19.6 Å². The zero-order chi connectivity index (χ0) is 18.9. The highest BCUT2D eigenvalue weighted by atomic mass is 35.5. The van der Waals surface area contributed by atoms with Crippen LogP contribution in [0.4, 0.5) is 0 Å². The summed E-state index contributed by atoms with van der Waals surface area (Å²) in [6.45, 7) is 5.73. The van der Waals surface area contributed by atoms with Gasteiger partial charge < -0.3 is 9.80 Å². The van der Waals surface area contributed by atoms with Crippen molar-refractivity contribution in [2.75, 3.05) is 32.4 Å². The van der Waals surface area contributed by atoms with E-state index in [0.29, 0.717) is 25.8 Å². The number of rotatable bonds is 7. The Morgan fingerprint density at radius 1 is 1.19 bits per heavy atom. The summed E-state index contributed by atoms with van der Waals surface area (Å²) in [5.74, 6) is -0.635. The lowest BCUT2D eigenvalue weighted by Gasteiger charge is -2.27. The van der Waals surface area contributed by atoms with Crippen molar-refractivity contribution in [3.63, 3.8) is 0 Å². The molecule has 2 amide bonds. The second-order valence-corrected chi connectivity index (χ2v) is 9.74. The standard InChI is InChI=1S/C18H31N3O4S.ClH/c1-3-7-14-17-15(21(18(14)23)26(2,24)25)9-13-20(17)16(22)8-6-12-19-10-4-5-11-19;/h14-15,17H,3-13H2,1-2H3;1H/t14-,15+,17-;/m1./s1. The molecule has 0 aliphatic carbocycles. The normalized spacial score (nSPS) is 28.5. The van der Waals surface area contributed by atoms with Crippen molar-refractivity contribution in [3.05, 3.63) is 0 Å². The fourth-order valence-electron chi connectivity index (χ4n) is 4.92. The summed E-state index contributed by atoms with van der Waals surface area (Å²) < 4.78 is 25.3. The van der Waals surface area contributed by atoms with Gasteiger partial charge in [-0.1, -0.05) is 13.3 Å². The zero-order valence-electron chi connectivity index (χ0n) is 16.3. The van der Waals surface area contributed by atoms with E-state index in [2.05, 4.69) is 4.90 Å². The van der Waals surface area contributed by atoms with Gasteiger partial charge in [-0.25, -0.2) is 12.7 Å². The SMILES string of the molecule is CCC[C@H]1C(=O)N(S(C)(=O)=O)[C@H]2CCN(C(=O)CCCN3CCCC3)[C@H]12.Cl. The molecule has 3 heterocycles. The molecule has 0 bridgehead atoms. The van der Waals surface area contributed by atoms with Crippen LogP contribution in [0.2, 0.25) is 0 Å². The van der Waals surface area contributed by atoms with Gasteiger partial charge >= 0.3 is 0 Å². The first-order valence-electron chi connectivity index (χ1n) is 9.89. The Morgan fingerprint density at radius 3 is 2.44 bits per heavy atom. The monoisotopic (exact) mass is 421 g/mol. The molecule has 3 aliphatic heterocycles. The Hall–Kier alpha value is -0.860. The number of fused-ring (bicyclic) bond motifs is 1. The number of carbonyl (C=O) groups is 2. The maximum atomic E-state index is 12.8. The molecule has 3 atom stereocenters. The minimum Gasteiger partial charge on any atom is -0.337 e. The number of sulfonamides is 1. The molecule has 3 rings (SSSR count). The molecule has 0 unspecified atom stereocenters. The summed E-state index contributed by atoms with van der Waals surface area (Å²) in [6, 6.07) is -0.659. The zero-order valence-corrected chi connectivity index (χ0v) is 17.9. The van der Waals surface area contributed by atoms with Crippen molar-refractivity contribution in [2.24, 2.45) is 5.92 Å². The summed E-state index contributed by atoms with van der Waals surface area (Å²) in [7, 11) is -3.60. The number of carbonyl (C=O) groups excluding carboxylic acids is 2. The lowest BCUT2D eigenvalue weighted by Crippen LogP contribution is -2.43. The topological polar surface area (TPSA) is 78.0 Å². The van der Waals surface area contributed by atoms with Crippen LogP contribution in [0.5, 0.6) is 0 Å². The molecule has 0 aromatic carbocycles. The lowest BCUT2D eigenvalue weighted by molar-refractivity contribution is -0.134. The van der Waals surface area contributed by atoms with Gasteiger partial charge in [0.25, 0.3) is 0 Å². The van der Waals surface area contributed by atoms with Crippen LogP contribution >= 0.6 is 12.4 Å². The van der Waals surface area contributed by atoms with Gasteiger partial charge in [-0.2, -0.15) is 0 Å². The van der Waals surface area contributed by atoms with Crippen LogP contribution in [0.25, 0.3) is 0 Å². The first kappa shape index (κ1) is 22.4. The molecule has 9 heteroatoms. The van der Waals surface area contributed by atoms with E-state index in [1.807, 2.05) is 6.92 Å². The van der Waals surface area contributed by atoms with Crippen molar-refractivity contribution in [1.82, 2.24) is 14.1 Å². The number of hydrogen-bond acceptors (Lipinski definition) is 5. The first-order valence-corrected chi connectivity index (χ1v) is 11.7. The third-order valence-corrected chi connectivity index (χ3v) is 7.17. The number of amides is 2. The molecule has 0 N–H and O–H groups in total. The van der Waals surface area contributed by atoms with E-state index in [1.165, 1.54) is 12.8 Å². The molecule has 0 saturated carbocycles. The minimum absolute atomic E-state index is 0. The smallest absolute Gasteiger partial charge is 0.241 e. The molecule has 3 fully saturated rings. The van der Waals surface area contributed by atoms with Gasteiger partial charge in [-0.15, -0.1) is 12.4 Å². The predicted octanol–water partition coefficient (Wildman–Crippen LogP) is 1.47. The van der Waals surface area contributed by atoms with Crippen molar-refractivity contribution in [1.29, 1.82) is 0 Å². The number of likely N-dealkylation sites (tertiary alicyclic amines) is 2. The molecule has 7 nitrogen and oxygen atoms in total. The predicted molar refractivity (Wildman–Crippen MR) is 106 cm³/mol. The van der Waals surface area contributed by atoms with Crippen LogP contribution in [-0.4, -0.2) is 78.9 Å². The van der Waals surface area contributed by atoms with E-state index in [0.717, 1.165) is 43.0 Å². The molecule has 156 valence electrons. The minimum atomic E-state index is -3.60. The van der Waals surface area contributed by atoms with E-state index in [4.69, 9.17) is 0 Å². The van der Waals surface area contributed by atoms with Crippen molar-refractivity contribution < 1.29 is 18.0 Å². The third-order valence-electron chi connectivity index (χ3n) is 6.01. The van der Waals surface area contributed by atoms with Gasteiger partial charge in [0.1, 0.15) is 0 Å². The molecule has 0 spiro atoms. The number of nitrogens with zero attached hydrogens (tertiary/aromatic N) is 3. The maximum Gasteiger partial charge on any atom is 0.241 e. The average molecular weight is 422 g/mol. The maximum absolute atomic E-state index is 12.8. The van der Waals surface area contributed by atoms with E-state index >= 15 is 0 Å². The molecular formula is C18H32ClN3O4S. The third kappa shape index (κ3) is 4.59. The highest BCUT2D eigenvalue weighted by molar-refractivity contribution is 7.88. The van der Waals surface area contributed by atoms with Gasteiger partial charge in [0.15, 0.2) is 0 Å². The summed E-state index contributed by atoms with van der Waals surface area (Å²) in [4.78, 5) is 29.7. The Bertz CT molecular complexity index is 651. The Balaban J connectivity index is 0.00000261. The highest BCUT2D eigenvalue weighted by Crippen LogP contribution is 2.40. The second-order valence-electron chi connectivity index (χ2n) is 7.88. The van der Waals surface area contributed by atoms with Crippen molar-refractivity contribution >= 4 is 34.2 Å². The Labute approximate surface area is 168 Å². The molecule has 0 aromatic rings. The largest absolute Gasteiger partial charge is 0.337 e. The molecule has 3 aliphatic rings. The fourth-order valence-corrected chi connectivity index (χ4v) is 6.11. The van der Waals surface area contributed by atoms with Gasteiger partial charge in [0, 0.05) is 13.0 Å². The van der Waals surface area contributed by atoms with Crippen LogP contribution in [0.3, 0.4) is 0 Å². The molecule has 0 aromatic heterocycles. The van der Waals surface area contributed by atoms with Crippen LogP contribution in [0, 0.1) is 5.92 Å². The lowest BCUT2D eigenvalue weighted by atomic mass is 9.94.